The Labute approximate surface area is 145 Å². The van der Waals surface area contributed by atoms with Gasteiger partial charge in [0.25, 0.3) is 0 Å². The van der Waals surface area contributed by atoms with Crippen LogP contribution in [-0.4, -0.2) is 17.0 Å². The summed E-state index contributed by atoms with van der Waals surface area (Å²) < 4.78 is 0. The predicted octanol–water partition coefficient (Wildman–Crippen LogP) is -0.853. The summed E-state index contributed by atoms with van der Waals surface area (Å²) in [5.41, 5.74) is 5.33. The van der Waals surface area contributed by atoms with Crippen LogP contribution in [0, 0.1) is 0 Å². The molecule has 0 saturated heterocycles. The van der Waals surface area contributed by atoms with Crippen LogP contribution in [0.15, 0.2) is 94.1 Å². The zero-order valence-corrected chi connectivity index (χ0v) is 13.4. The standard InChI is InChI=1S/C19H12N4.ClH/c1-3-14(4-1)18-17-12-20-9-10-23(17)19(22-18)15-7-6-13-5-2-8-21-16(13)11-15;/h1-12H;1H. The van der Waals surface area contributed by atoms with Crippen LogP contribution in [0.2, 0.25) is 0 Å². The van der Waals surface area contributed by atoms with Crippen LogP contribution in [0.3, 0.4) is 0 Å². The maximum absolute atomic E-state index is 4.90. The molecule has 2 aromatic rings. The van der Waals surface area contributed by atoms with Crippen molar-refractivity contribution in [3.63, 3.8) is 0 Å². The second-order valence-electron chi connectivity index (χ2n) is 5.62. The maximum atomic E-state index is 4.90. The second-order valence-corrected chi connectivity index (χ2v) is 5.62. The number of benzene rings is 1. The molecule has 1 N–H and O–H groups in total. The molecule has 3 aliphatic rings. The molecule has 4 nitrogen and oxygen atoms in total. The van der Waals surface area contributed by atoms with E-state index in [1.807, 2.05) is 37.0 Å². The largest absolute Gasteiger partial charge is 1.00 e. The van der Waals surface area contributed by atoms with Gasteiger partial charge in [0.1, 0.15) is 11.9 Å². The molecule has 0 amide bonds. The van der Waals surface area contributed by atoms with Gasteiger partial charge in [-0.3, -0.25) is 9.98 Å². The highest BCUT2D eigenvalue weighted by Crippen LogP contribution is 2.25. The monoisotopic (exact) mass is 332 g/mol. The first-order valence-electron chi connectivity index (χ1n) is 7.54. The summed E-state index contributed by atoms with van der Waals surface area (Å²) in [6.07, 6.45) is 13.8. The van der Waals surface area contributed by atoms with E-state index in [2.05, 4.69) is 46.4 Å². The highest BCUT2D eigenvalue weighted by molar-refractivity contribution is 6.01. The fourth-order valence-corrected chi connectivity index (χ4v) is 3.03. The number of pyridine rings is 1. The van der Waals surface area contributed by atoms with E-state index >= 15 is 0 Å². The molecule has 3 heterocycles. The fourth-order valence-electron chi connectivity index (χ4n) is 3.03. The first-order valence-corrected chi connectivity index (χ1v) is 7.54. The summed E-state index contributed by atoms with van der Waals surface area (Å²) in [5.74, 6) is 0.992. The summed E-state index contributed by atoms with van der Waals surface area (Å²) in [6, 6.07) is 10.3. The molecule has 1 aromatic carbocycles. The van der Waals surface area contributed by atoms with E-state index in [0.717, 1.165) is 44.2 Å². The number of nitrogens with zero attached hydrogens (tertiary/aromatic N) is 3. The van der Waals surface area contributed by atoms with Crippen molar-refractivity contribution in [1.82, 2.24) is 4.98 Å². The number of allylic oxidation sites excluding steroid dienone is 4. The topological polar surface area (TPSA) is 42.0 Å². The number of amidine groups is 1. The lowest BCUT2D eigenvalue weighted by Gasteiger charge is -2.13. The molecule has 0 radical (unpaired) electrons. The Morgan fingerprint density at radius 2 is 2.00 bits per heavy atom. The van der Waals surface area contributed by atoms with Crippen molar-refractivity contribution >= 4 is 23.0 Å². The Hall–Kier alpha value is -2.82. The van der Waals surface area contributed by atoms with E-state index in [9.17, 15) is 0 Å². The molecule has 1 aromatic heterocycles. The third kappa shape index (κ3) is 2.16. The predicted molar refractivity (Wildman–Crippen MR) is 91.1 cm³/mol. The molecule has 1 unspecified atom stereocenters. The maximum Gasteiger partial charge on any atom is 0.244 e. The minimum atomic E-state index is 0. The zero-order chi connectivity index (χ0) is 15.2. The minimum Gasteiger partial charge on any atom is -1.00 e. The number of rotatable bonds is 2. The Morgan fingerprint density at radius 1 is 1.08 bits per heavy atom. The number of quaternary nitrogens is 1. The Kier molecular flexibility index (Phi) is 3.49. The number of hydrogen-bond donors (Lipinski definition) is 1. The van der Waals surface area contributed by atoms with E-state index in [-0.39, 0.29) is 12.4 Å². The van der Waals surface area contributed by atoms with Crippen LogP contribution in [0.25, 0.3) is 10.9 Å². The summed E-state index contributed by atoms with van der Waals surface area (Å²) in [6.45, 7) is 0. The van der Waals surface area contributed by atoms with Crippen molar-refractivity contribution in [2.45, 2.75) is 0 Å². The van der Waals surface area contributed by atoms with E-state index < -0.39 is 0 Å². The Balaban J connectivity index is 0.00000146. The zero-order valence-electron chi connectivity index (χ0n) is 12.6. The third-order valence-electron chi connectivity index (χ3n) is 4.26. The molecule has 1 aliphatic carbocycles. The summed E-state index contributed by atoms with van der Waals surface area (Å²) in [7, 11) is 0. The smallest absolute Gasteiger partial charge is 0.244 e. The SMILES string of the molecule is C1=CC(C2=C3C=NC=C[NH+]3C(c3ccc4cccnc4c3)=N2)=C1.[Cl-]. The van der Waals surface area contributed by atoms with Crippen molar-refractivity contribution in [2.75, 3.05) is 0 Å². The van der Waals surface area contributed by atoms with Gasteiger partial charge in [0.15, 0.2) is 5.70 Å². The number of fused-ring (bicyclic) bond motifs is 2. The molecule has 5 rings (SSSR count). The first kappa shape index (κ1) is 14.8. The molecule has 5 heteroatoms. The highest BCUT2D eigenvalue weighted by atomic mass is 35.5. The lowest BCUT2D eigenvalue weighted by molar-refractivity contribution is -0.689. The quantitative estimate of drug-likeness (QED) is 0.765. The van der Waals surface area contributed by atoms with Crippen molar-refractivity contribution < 1.29 is 17.3 Å². The van der Waals surface area contributed by atoms with Gasteiger partial charge in [-0.15, -0.1) is 0 Å². The van der Waals surface area contributed by atoms with Crippen molar-refractivity contribution in [2.24, 2.45) is 9.98 Å². The number of aliphatic imine (C=N–C) groups is 2. The molecule has 0 fully saturated rings. The number of hydrogen-bond acceptors (Lipinski definition) is 3. The molecular formula is C19H13ClN4. The summed E-state index contributed by atoms with van der Waals surface area (Å²) in [4.78, 5) is 14.8. The van der Waals surface area contributed by atoms with Gasteiger partial charge in [-0.05, 0) is 18.2 Å². The fraction of sp³-hybridized carbons (Fsp3) is 0. The lowest BCUT2D eigenvalue weighted by atomic mass is 10.0. The third-order valence-corrected chi connectivity index (χ3v) is 4.26. The number of aromatic nitrogens is 1. The summed E-state index contributed by atoms with van der Waals surface area (Å²) in [5, 5.41) is 1.14. The molecule has 24 heavy (non-hydrogen) atoms. The van der Waals surface area contributed by atoms with Gasteiger partial charge in [-0.2, -0.15) is 4.99 Å². The molecule has 0 bridgehead atoms. The van der Waals surface area contributed by atoms with E-state index in [1.165, 1.54) is 0 Å². The van der Waals surface area contributed by atoms with E-state index in [0.29, 0.717) is 0 Å². The minimum absolute atomic E-state index is 0. The van der Waals surface area contributed by atoms with Crippen LogP contribution < -0.4 is 17.3 Å². The van der Waals surface area contributed by atoms with Gasteiger partial charge in [-0.25, -0.2) is 4.90 Å². The van der Waals surface area contributed by atoms with Gasteiger partial charge in [0.2, 0.25) is 5.84 Å². The molecule has 116 valence electrons. The van der Waals surface area contributed by atoms with Crippen molar-refractivity contribution in [1.29, 1.82) is 0 Å². The van der Waals surface area contributed by atoms with E-state index in [4.69, 9.17) is 4.99 Å². The number of halogens is 1. The van der Waals surface area contributed by atoms with Crippen LogP contribution in [0.5, 0.6) is 0 Å². The van der Waals surface area contributed by atoms with Crippen LogP contribution in [0.1, 0.15) is 5.56 Å². The summed E-state index contributed by atoms with van der Waals surface area (Å²) >= 11 is 0. The van der Waals surface area contributed by atoms with Crippen LogP contribution in [0.4, 0.5) is 0 Å². The normalized spacial score (nSPS) is 20.4. The van der Waals surface area contributed by atoms with E-state index in [1.54, 1.807) is 0 Å². The average Bonchev–Trinajstić information content (AvgIpc) is 2.93. The Morgan fingerprint density at radius 3 is 2.83 bits per heavy atom. The van der Waals surface area contributed by atoms with Crippen LogP contribution >= 0.6 is 0 Å². The molecule has 0 spiro atoms. The van der Waals surface area contributed by atoms with Gasteiger partial charge in [0, 0.05) is 17.2 Å². The first-order chi connectivity index (χ1) is 11.4. The van der Waals surface area contributed by atoms with Gasteiger partial charge < -0.3 is 12.4 Å². The Bertz CT molecular complexity index is 1020. The number of nitrogens with one attached hydrogen (secondary N) is 1. The average molecular weight is 333 g/mol. The second kappa shape index (κ2) is 5.67. The van der Waals surface area contributed by atoms with Crippen molar-refractivity contribution in [3.05, 3.63) is 89.7 Å². The van der Waals surface area contributed by atoms with Gasteiger partial charge in [-0.1, -0.05) is 30.4 Å². The molecule has 0 saturated carbocycles. The molecule has 1 atom stereocenters. The molecular weight excluding hydrogens is 320 g/mol. The lowest BCUT2D eigenvalue weighted by Crippen LogP contribution is -3.08. The van der Waals surface area contributed by atoms with Crippen LogP contribution in [-0.2, 0) is 0 Å². The van der Waals surface area contributed by atoms with Gasteiger partial charge in [0.05, 0.1) is 23.5 Å². The van der Waals surface area contributed by atoms with Gasteiger partial charge >= 0.3 is 0 Å². The molecule has 2 aliphatic heterocycles. The highest BCUT2D eigenvalue weighted by Gasteiger charge is 2.34. The van der Waals surface area contributed by atoms with Crippen molar-refractivity contribution in [3.8, 4) is 0 Å².